The summed E-state index contributed by atoms with van der Waals surface area (Å²) in [5.41, 5.74) is 0.997. The molecule has 0 aliphatic heterocycles. The highest BCUT2D eigenvalue weighted by Gasteiger charge is 2.31. The van der Waals surface area contributed by atoms with Gasteiger partial charge in [0.15, 0.2) is 0 Å². The third-order valence-corrected chi connectivity index (χ3v) is 4.92. The van der Waals surface area contributed by atoms with Gasteiger partial charge in [0.2, 0.25) is 0 Å². The predicted octanol–water partition coefficient (Wildman–Crippen LogP) is 4.51. The summed E-state index contributed by atoms with van der Waals surface area (Å²) in [6, 6.07) is 3.78. The molecule has 0 amide bonds. The molecule has 1 heterocycles. The van der Waals surface area contributed by atoms with Gasteiger partial charge in [0, 0.05) is 11.1 Å². The molecule has 1 atom stereocenters. The van der Waals surface area contributed by atoms with Crippen LogP contribution < -0.4 is 0 Å². The average molecular weight is 387 g/mol. The number of hydrogen-bond acceptors (Lipinski definition) is 4. The fraction of sp³-hybridized carbons (Fsp3) is 0.353. The van der Waals surface area contributed by atoms with Crippen molar-refractivity contribution >= 4 is 22.2 Å². The van der Waals surface area contributed by atoms with E-state index in [2.05, 4.69) is 15.0 Å². The highest BCUT2D eigenvalue weighted by molar-refractivity contribution is 7.85. The van der Waals surface area contributed by atoms with E-state index >= 15 is 0 Å². The van der Waals surface area contributed by atoms with Gasteiger partial charge >= 0.3 is 6.18 Å². The lowest BCUT2D eigenvalue weighted by Crippen LogP contribution is -2.19. The molecule has 0 aliphatic rings. The zero-order valence-electron chi connectivity index (χ0n) is 14.2. The van der Waals surface area contributed by atoms with Crippen LogP contribution >= 0.6 is 0 Å². The van der Waals surface area contributed by atoms with E-state index in [4.69, 9.17) is 0 Å². The number of halogens is 4. The molecule has 2 aromatic rings. The lowest BCUT2D eigenvalue weighted by atomic mass is 10.1. The van der Waals surface area contributed by atoms with Crippen molar-refractivity contribution in [1.82, 2.24) is 9.97 Å². The van der Waals surface area contributed by atoms with Gasteiger partial charge in [0.1, 0.15) is 23.6 Å². The molecule has 0 saturated carbocycles. The molecule has 140 valence electrons. The second-order valence-corrected chi connectivity index (χ2v) is 7.00. The molecule has 1 aromatic heterocycles. The molecule has 1 unspecified atom stereocenters. The molecule has 0 aliphatic carbocycles. The van der Waals surface area contributed by atoms with Crippen LogP contribution in [0.25, 0.3) is 0 Å². The van der Waals surface area contributed by atoms with Crippen molar-refractivity contribution in [3.63, 3.8) is 0 Å². The molecule has 4 nitrogen and oxygen atoms in total. The lowest BCUT2D eigenvalue weighted by molar-refractivity contribution is -0.105. The second-order valence-electron chi connectivity index (χ2n) is 5.58. The summed E-state index contributed by atoms with van der Waals surface area (Å²) in [5.74, 6) is -2.19. The average Bonchev–Trinajstić information content (AvgIpc) is 2.55. The minimum Gasteiger partial charge on any atom is -0.254 e. The third-order valence-electron chi connectivity index (χ3n) is 3.40. The first-order valence-electron chi connectivity index (χ1n) is 7.80. The number of hydrogen-bond donors (Lipinski definition) is 0. The van der Waals surface area contributed by atoms with E-state index in [0.717, 1.165) is 12.1 Å². The Morgan fingerprint density at radius 2 is 2.04 bits per heavy atom. The number of aryl methyl sites for hydroxylation is 1. The lowest BCUT2D eigenvalue weighted by Gasteiger charge is -2.11. The molecular formula is C17H17F4N3OS. The van der Waals surface area contributed by atoms with Gasteiger partial charge in [-0.1, -0.05) is 13.3 Å². The van der Waals surface area contributed by atoms with Crippen LogP contribution in [-0.4, -0.2) is 31.8 Å². The Morgan fingerprint density at radius 1 is 1.31 bits per heavy atom. The Kier molecular flexibility index (Phi) is 6.57. The van der Waals surface area contributed by atoms with Crippen LogP contribution in [0, 0.1) is 12.7 Å². The fourth-order valence-electron chi connectivity index (χ4n) is 2.28. The van der Waals surface area contributed by atoms with E-state index in [1.54, 1.807) is 6.07 Å². The number of alkyl halides is 3. The van der Waals surface area contributed by atoms with Crippen LogP contribution in [0.1, 0.15) is 31.0 Å². The van der Waals surface area contributed by atoms with Gasteiger partial charge in [0.05, 0.1) is 22.2 Å². The number of aliphatic imine (C=N–C) groups is 1. The zero-order valence-corrected chi connectivity index (χ0v) is 15.0. The maximum Gasteiger partial charge on any atom is 0.400 e. The van der Waals surface area contributed by atoms with E-state index in [1.807, 2.05) is 6.92 Å². The van der Waals surface area contributed by atoms with Crippen LogP contribution in [0.15, 0.2) is 40.6 Å². The molecule has 2 rings (SSSR count). The molecule has 26 heavy (non-hydrogen) atoms. The van der Waals surface area contributed by atoms with Gasteiger partial charge in [-0.25, -0.2) is 19.4 Å². The smallest absolute Gasteiger partial charge is 0.254 e. The van der Waals surface area contributed by atoms with E-state index in [1.165, 1.54) is 19.4 Å². The first kappa shape index (κ1) is 20.2. The number of nitrogens with zero attached hydrogens (tertiary/aromatic N) is 3. The van der Waals surface area contributed by atoms with Gasteiger partial charge in [-0.2, -0.15) is 13.2 Å². The maximum atomic E-state index is 14.3. The predicted molar refractivity (Wildman–Crippen MR) is 91.6 cm³/mol. The van der Waals surface area contributed by atoms with Crippen LogP contribution in [0.5, 0.6) is 0 Å². The Morgan fingerprint density at radius 3 is 2.62 bits per heavy atom. The zero-order chi connectivity index (χ0) is 19.3. The van der Waals surface area contributed by atoms with E-state index in [0.29, 0.717) is 24.2 Å². The maximum absolute atomic E-state index is 14.3. The monoisotopic (exact) mass is 387 g/mol. The Balaban J connectivity index is 2.48. The van der Waals surface area contributed by atoms with Crippen molar-refractivity contribution in [1.29, 1.82) is 0 Å². The van der Waals surface area contributed by atoms with Crippen molar-refractivity contribution < 1.29 is 21.8 Å². The van der Waals surface area contributed by atoms with Gasteiger partial charge in [-0.3, -0.25) is 4.21 Å². The Labute approximate surface area is 150 Å². The first-order valence-corrected chi connectivity index (χ1v) is 9.12. The minimum absolute atomic E-state index is 0.0824. The van der Waals surface area contributed by atoms with Crippen molar-refractivity contribution in [2.45, 2.75) is 37.8 Å². The third kappa shape index (κ3) is 5.42. The summed E-state index contributed by atoms with van der Waals surface area (Å²) in [6.45, 7) is 3.32. The topological polar surface area (TPSA) is 55.2 Å². The number of aromatic nitrogens is 2. The van der Waals surface area contributed by atoms with Gasteiger partial charge in [-0.05, 0) is 37.1 Å². The molecular weight excluding hydrogens is 370 g/mol. The SMILES string of the molecule is CCCC(=Nc1cc(S(=O)CC(F)(F)F)c(C)cc1F)c1ccncn1. The largest absolute Gasteiger partial charge is 0.400 e. The van der Waals surface area contributed by atoms with Crippen molar-refractivity contribution in [3.05, 3.63) is 47.8 Å². The summed E-state index contributed by atoms with van der Waals surface area (Å²) < 4.78 is 63.9. The van der Waals surface area contributed by atoms with E-state index < -0.39 is 28.5 Å². The van der Waals surface area contributed by atoms with Gasteiger partial charge in [-0.15, -0.1) is 0 Å². The quantitative estimate of drug-likeness (QED) is 0.541. The van der Waals surface area contributed by atoms with Crippen molar-refractivity contribution in [3.8, 4) is 0 Å². The number of benzene rings is 1. The highest BCUT2D eigenvalue weighted by atomic mass is 32.2. The summed E-state index contributed by atoms with van der Waals surface area (Å²) in [6.07, 6.45) is -0.531. The molecule has 0 N–H and O–H groups in total. The van der Waals surface area contributed by atoms with Gasteiger partial charge in [0.25, 0.3) is 0 Å². The molecule has 0 bridgehead atoms. The fourth-order valence-corrected chi connectivity index (χ4v) is 3.40. The summed E-state index contributed by atoms with van der Waals surface area (Å²) in [4.78, 5) is 12.0. The van der Waals surface area contributed by atoms with Crippen molar-refractivity contribution in [2.24, 2.45) is 4.99 Å². The molecule has 0 saturated heterocycles. The van der Waals surface area contributed by atoms with Crippen molar-refractivity contribution in [2.75, 3.05) is 5.75 Å². The van der Waals surface area contributed by atoms with E-state index in [-0.39, 0.29) is 16.1 Å². The summed E-state index contributed by atoms with van der Waals surface area (Å²) >= 11 is 0. The summed E-state index contributed by atoms with van der Waals surface area (Å²) in [7, 11) is -2.33. The van der Waals surface area contributed by atoms with Gasteiger partial charge < -0.3 is 0 Å². The minimum atomic E-state index is -4.58. The number of rotatable bonds is 6. The first-order chi connectivity index (χ1) is 12.2. The second kappa shape index (κ2) is 8.48. The molecule has 0 fully saturated rings. The Hall–Kier alpha value is -2.16. The van der Waals surface area contributed by atoms with Crippen LogP contribution in [0.4, 0.5) is 23.2 Å². The normalized spacial score (nSPS) is 13.7. The van der Waals surface area contributed by atoms with Crippen LogP contribution in [0.2, 0.25) is 0 Å². The van der Waals surface area contributed by atoms with Crippen LogP contribution in [-0.2, 0) is 10.8 Å². The van der Waals surface area contributed by atoms with Crippen LogP contribution in [0.3, 0.4) is 0 Å². The summed E-state index contributed by atoms with van der Waals surface area (Å²) in [5, 5.41) is 0. The molecule has 1 aromatic carbocycles. The molecule has 9 heteroatoms. The Bertz CT molecular complexity index is 823. The van der Waals surface area contributed by atoms with E-state index in [9.17, 15) is 21.8 Å². The molecule has 0 radical (unpaired) electrons. The highest BCUT2D eigenvalue weighted by Crippen LogP contribution is 2.28. The standard InChI is InChI=1S/C17H17F4N3OS/c1-3-4-14(13-5-6-22-10-23-13)24-15-8-16(11(2)7-12(15)18)26(25)9-17(19,20)21/h5-8,10H,3-4,9H2,1-2H3. The molecule has 0 spiro atoms.